The van der Waals surface area contributed by atoms with Crippen LogP contribution in [0.5, 0.6) is 0 Å². The number of anilines is 1. The lowest BCUT2D eigenvalue weighted by Crippen LogP contribution is -2.15. The molecule has 3 rings (SSSR count). The monoisotopic (exact) mass is 342 g/mol. The van der Waals surface area contributed by atoms with Crippen molar-refractivity contribution in [3.05, 3.63) is 65.4 Å². The van der Waals surface area contributed by atoms with Crippen molar-refractivity contribution in [3.8, 4) is 11.4 Å². The third kappa shape index (κ3) is 3.98. The number of aliphatic hydroxyl groups excluding tert-OH is 1. The minimum atomic E-state index is -0.879. The highest BCUT2D eigenvalue weighted by molar-refractivity contribution is 6.30. The molecule has 1 unspecified atom stereocenters. The van der Waals surface area contributed by atoms with Crippen molar-refractivity contribution < 1.29 is 9.90 Å². The quantitative estimate of drug-likeness (QED) is 0.664. The first-order chi connectivity index (χ1) is 11.6. The van der Waals surface area contributed by atoms with Crippen molar-refractivity contribution >= 4 is 23.2 Å². The molecule has 0 aliphatic carbocycles. The van der Waals surface area contributed by atoms with Crippen LogP contribution in [0.1, 0.15) is 18.1 Å². The number of hydrogen-bond donors (Lipinski definition) is 3. The van der Waals surface area contributed by atoms with E-state index in [1.165, 1.54) is 6.33 Å². The number of aromatic nitrogens is 3. The van der Waals surface area contributed by atoms with Crippen LogP contribution >= 0.6 is 11.6 Å². The predicted molar refractivity (Wildman–Crippen MR) is 91.5 cm³/mol. The first kappa shape index (κ1) is 16.2. The average molecular weight is 343 g/mol. The van der Waals surface area contributed by atoms with Gasteiger partial charge in [-0.15, -0.1) is 0 Å². The zero-order chi connectivity index (χ0) is 16.9. The van der Waals surface area contributed by atoms with Crippen LogP contribution < -0.4 is 5.32 Å². The molecule has 2 aromatic carbocycles. The number of carbonyl (C=O) groups excluding carboxylic acids is 1. The normalized spacial score (nSPS) is 11.9. The summed E-state index contributed by atoms with van der Waals surface area (Å²) in [5.74, 6) is 0.385. The molecule has 0 aliphatic heterocycles. The van der Waals surface area contributed by atoms with Crippen LogP contribution in [-0.4, -0.2) is 26.2 Å². The number of benzene rings is 2. The third-order valence-electron chi connectivity index (χ3n) is 3.49. The molecule has 0 aliphatic rings. The summed E-state index contributed by atoms with van der Waals surface area (Å²) in [6.07, 6.45) is 0.519. The van der Waals surface area contributed by atoms with Gasteiger partial charge in [0.25, 0.3) is 0 Å². The molecule has 0 spiro atoms. The van der Waals surface area contributed by atoms with Crippen molar-refractivity contribution in [2.24, 2.45) is 0 Å². The van der Waals surface area contributed by atoms with E-state index in [0.29, 0.717) is 22.1 Å². The number of nitrogens with zero attached hydrogens (tertiary/aromatic N) is 2. The number of aliphatic hydroxyl groups is 1. The van der Waals surface area contributed by atoms with E-state index < -0.39 is 6.10 Å². The standard InChI is InChI=1S/C17H15ClN4O2/c18-13-5-1-11(2-6-13)15(23)9-16(24)21-14-7-3-12(4-8-14)17-19-10-20-22-17/h1-8,10,15,23H,9H2,(H,21,24)(H,19,20,22). The van der Waals surface area contributed by atoms with Crippen LogP contribution in [0, 0.1) is 0 Å². The van der Waals surface area contributed by atoms with Crippen molar-refractivity contribution in [1.82, 2.24) is 15.2 Å². The Morgan fingerprint density at radius 1 is 1.17 bits per heavy atom. The molecule has 7 heteroatoms. The number of nitrogens with one attached hydrogen (secondary N) is 2. The molecule has 0 saturated carbocycles. The first-order valence-corrected chi connectivity index (χ1v) is 7.69. The lowest BCUT2D eigenvalue weighted by Gasteiger charge is -2.11. The van der Waals surface area contributed by atoms with Crippen LogP contribution in [0.2, 0.25) is 5.02 Å². The van der Waals surface area contributed by atoms with E-state index >= 15 is 0 Å². The van der Waals surface area contributed by atoms with Gasteiger partial charge in [0.1, 0.15) is 6.33 Å². The second-order valence-electron chi connectivity index (χ2n) is 5.23. The Labute approximate surface area is 143 Å². The largest absolute Gasteiger partial charge is 0.388 e. The topological polar surface area (TPSA) is 90.9 Å². The number of carbonyl (C=O) groups is 1. The van der Waals surface area contributed by atoms with E-state index in [0.717, 1.165) is 5.56 Å². The van der Waals surface area contributed by atoms with Gasteiger partial charge in [-0.1, -0.05) is 23.7 Å². The maximum absolute atomic E-state index is 12.1. The van der Waals surface area contributed by atoms with Gasteiger partial charge in [-0.25, -0.2) is 4.98 Å². The van der Waals surface area contributed by atoms with Crippen molar-refractivity contribution in [2.75, 3.05) is 5.32 Å². The lowest BCUT2D eigenvalue weighted by atomic mass is 10.1. The Hall–Kier alpha value is -2.70. The highest BCUT2D eigenvalue weighted by atomic mass is 35.5. The Kier molecular flexibility index (Phi) is 4.88. The number of aromatic amines is 1. The van der Waals surface area contributed by atoms with E-state index in [9.17, 15) is 9.90 Å². The van der Waals surface area contributed by atoms with Crippen molar-refractivity contribution in [2.45, 2.75) is 12.5 Å². The molecule has 0 bridgehead atoms. The molecule has 24 heavy (non-hydrogen) atoms. The van der Waals surface area contributed by atoms with E-state index in [4.69, 9.17) is 11.6 Å². The maximum atomic E-state index is 12.1. The Morgan fingerprint density at radius 3 is 2.50 bits per heavy atom. The van der Waals surface area contributed by atoms with Crippen molar-refractivity contribution in [3.63, 3.8) is 0 Å². The van der Waals surface area contributed by atoms with Crippen LogP contribution in [0.4, 0.5) is 5.69 Å². The summed E-state index contributed by atoms with van der Waals surface area (Å²) in [6, 6.07) is 14.0. The fourth-order valence-corrected chi connectivity index (χ4v) is 2.37. The van der Waals surface area contributed by atoms with E-state index in [2.05, 4.69) is 20.5 Å². The Balaban J connectivity index is 1.59. The summed E-state index contributed by atoms with van der Waals surface area (Å²) >= 11 is 5.81. The van der Waals surface area contributed by atoms with Gasteiger partial charge in [0.15, 0.2) is 5.82 Å². The fraction of sp³-hybridized carbons (Fsp3) is 0.118. The molecular weight excluding hydrogens is 328 g/mol. The SMILES string of the molecule is O=C(CC(O)c1ccc(Cl)cc1)Nc1ccc(-c2ncn[nH]2)cc1. The van der Waals surface area contributed by atoms with Gasteiger partial charge in [-0.3, -0.25) is 9.89 Å². The fourth-order valence-electron chi connectivity index (χ4n) is 2.25. The zero-order valence-electron chi connectivity index (χ0n) is 12.6. The molecule has 0 radical (unpaired) electrons. The maximum Gasteiger partial charge on any atom is 0.227 e. The third-order valence-corrected chi connectivity index (χ3v) is 3.74. The lowest BCUT2D eigenvalue weighted by molar-refractivity contribution is -0.118. The summed E-state index contributed by atoms with van der Waals surface area (Å²) in [4.78, 5) is 16.1. The van der Waals surface area contributed by atoms with Crippen molar-refractivity contribution in [1.29, 1.82) is 0 Å². The molecule has 1 atom stereocenters. The van der Waals surface area contributed by atoms with E-state index in [1.807, 2.05) is 12.1 Å². The molecule has 1 amide bonds. The Morgan fingerprint density at radius 2 is 1.88 bits per heavy atom. The molecule has 1 aromatic heterocycles. The minimum Gasteiger partial charge on any atom is -0.388 e. The Bertz CT molecular complexity index is 802. The summed E-state index contributed by atoms with van der Waals surface area (Å²) in [5.41, 5.74) is 2.16. The number of halogens is 1. The average Bonchev–Trinajstić information content (AvgIpc) is 3.10. The summed E-state index contributed by atoms with van der Waals surface area (Å²) in [7, 11) is 0. The minimum absolute atomic E-state index is 0.0362. The molecular formula is C17H15ClN4O2. The zero-order valence-corrected chi connectivity index (χ0v) is 13.4. The molecule has 0 fully saturated rings. The number of amides is 1. The van der Waals surface area contributed by atoms with Crippen LogP contribution in [0.25, 0.3) is 11.4 Å². The van der Waals surface area contributed by atoms with Gasteiger partial charge in [0, 0.05) is 16.3 Å². The van der Waals surface area contributed by atoms with Gasteiger partial charge in [0.2, 0.25) is 5.91 Å². The van der Waals surface area contributed by atoms with Gasteiger partial charge in [0.05, 0.1) is 12.5 Å². The van der Waals surface area contributed by atoms with Crippen LogP contribution in [-0.2, 0) is 4.79 Å². The highest BCUT2D eigenvalue weighted by Gasteiger charge is 2.13. The molecule has 122 valence electrons. The molecule has 1 heterocycles. The number of hydrogen-bond acceptors (Lipinski definition) is 4. The highest BCUT2D eigenvalue weighted by Crippen LogP contribution is 2.21. The van der Waals surface area contributed by atoms with Crippen LogP contribution in [0.3, 0.4) is 0 Å². The molecule has 6 nitrogen and oxygen atoms in total. The van der Waals surface area contributed by atoms with E-state index in [-0.39, 0.29) is 12.3 Å². The summed E-state index contributed by atoms with van der Waals surface area (Å²) < 4.78 is 0. The number of rotatable bonds is 5. The van der Waals surface area contributed by atoms with Gasteiger partial charge in [-0.2, -0.15) is 5.10 Å². The van der Waals surface area contributed by atoms with Gasteiger partial charge in [-0.05, 0) is 42.0 Å². The molecule has 3 aromatic rings. The predicted octanol–water partition coefficient (Wildman–Crippen LogP) is 3.19. The summed E-state index contributed by atoms with van der Waals surface area (Å²) in [6.45, 7) is 0. The number of H-pyrrole nitrogens is 1. The van der Waals surface area contributed by atoms with Crippen LogP contribution in [0.15, 0.2) is 54.9 Å². The van der Waals surface area contributed by atoms with Gasteiger partial charge < -0.3 is 10.4 Å². The van der Waals surface area contributed by atoms with E-state index in [1.54, 1.807) is 36.4 Å². The second kappa shape index (κ2) is 7.25. The first-order valence-electron chi connectivity index (χ1n) is 7.31. The molecule has 0 saturated heterocycles. The smallest absolute Gasteiger partial charge is 0.227 e. The second-order valence-corrected chi connectivity index (χ2v) is 5.67. The van der Waals surface area contributed by atoms with Gasteiger partial charge >= 0.3 is 0 Å². The summed E-state index contributed by atoms with van der Waals surface area (Å²) in [5, 5.41) is 20.0. The molecule has 3 N–H and O–H groups in total.